The average molecular weight is 328 g/mol. The molecule has 0 aliphatic carbocycles. The highest BCUT2D eigenvalue weighted by Crippen LogP contribution is 2.15. The van der Waals surface area contributed by atoms with E-state index in [0.717, 1.165) is 0 Å². The predicted molar refractivity (Wildman–Crippen MR) is 84.8 cm³/mol. The molecule has 0 radical (unpaired) electrons. The molecular weight excluding hydrogens is 311 g/mol. The van der Waals surface area contributed by atoms with Crippen LogP contribution >= 0.6 is 0 Å². The molecule has 6 nitrogen and oxygen atoms in total. The molecule has 0 unspecified atom stereocenters. The molecule has 1 N–H and O–H groups in total. The Morgan fingerprint density at radius 3 is 2.46 bits per heavy atom. The number of nitrogens with one attached hydrogen (secondary N) is 1. The molecule has 7 heteroatoms. The predicted octanol–water partition coefficient (Wildman–Crippen LogP) is 1.65. The summed E-state index contributed by atoms with van der Waals surface area (Å²) in [5.41, 5.74) is 0.751. The normalized spacial score (nSPS) is 15.1. The number of benzene rings is 1. The summed E-state index contributed by atoms with van der Waals surface area (Å²) in [5, 5.41) is 2.91. The van der Waals surface area contributed by atoms with Gasteiger partial charge in [0.1, 0.15) is 11.5 Å². The smallest absolute Gasteiger partial charge is 0.271 e. The minimum Gasteiger partial charge on any atom is -0.348 e. The van der Waals surface area contributed by atoms with Gasteiger partial charge in [0, 0.05) is 37.1 Å². The van der Waals surface area contributed by atoms with E-state index >= 15 is 0 Å². The molecule has 0 atom stereocenters. The fourth-order valence-electron chi connectivity index (χ4n) is 2.68. The van der Waals surface area contributed by atoms with Gasteiger partial charge in [-0.1, -0.05) is 0 Å². The van der Waals surface area contributed by atoms with Crippen molar-refractivity contribution in [2.24, 2.45) is 0 Å². The standard InChI is InChI=1S/C17H17FN4O2/c18-13-3-1-12(2-4-13)17(24)22-9-5-14(6-10-22)21-16(23)15-11-19-7-8-20-15/h1-4,7-8,11,14H,5-6,9-10H2,(H,21,23). The van der Waals surface area contributed by atoms with E-state index in [1.807, 2.05) is 0 Å². The van der Waals surface area contributed by atoms with Crippen LogP contribution in [0.3, 0.4) is 0 Å². The highest BCUT2D eigenvalue weighted by molar-refractivity contribution is 5.94. The summed E-state index contributed by atoms with van der Waals surface area (Å²) in [6.07, 6.45) is 5.73. The highest BCUT2D eigenvalue weighted by Gasteiger charge is 2.25. The van der Waals surface area contributed by atoms with Gasteiger partial charge >= 0.3 is 0 Å². The van der Waals surface area contributed by atoms with Crippen LogP contribution < -0.4 is 5.32 Å². The lowest BCUT2D eigenvalue weighted by Crippen LogP contribution is -2.46. The fraction of sp³-hybridized carbons (Fsp3) is 0.294. The lowest BCUT2D eigenvalue weighted by molar-refractivity contribution is 0.0697. The number of nitrogens with zero attached hydrogens (tertiary/aromatic N) is 3. The first-order chi connectivity index (χ1) is 11.6. The molecule has 1 saturated heterocycles. The number of carbonyl (C=O) groups excluding carboxylic acids is 2. The van der Waals surface area contributed by atoms with Crippen molar-refractivity contribution in [3.63, 3.8) is 0 Å². The van der Waals surface area contributed by atoms with Crippen LogP contribution in [0.25, 0.3) is 0 Å². The molecule has 24 heavy (non-hydrogen) atoms. The Hall–Kier alpha value is -2.83. The number of amides is 2. The van der Waals surface area contributed by atoms with Crippen LogP contribution in [0.2, 0.25) is 0 Å². The Balaban J connectivity index is 1.53. The Morgan fingerprint density at radius 1 is 1.12 bits per heavy atom. The lowest BCUT2D eigenvalue weighted by Gasteiger charge is -2.32. The van der Waals surface area contributed by atoms with Crippen molar-refractivity contribution in [2.45, 2.75) is 18.9 Å². The van der Waals surface area contributed by atoms with Crippen molar-refractivity contribution < 1.29 is 14.0 Å². The van der Waals surface area contributed by atoms with Gasteiger partial charge in [0.05, 0.1) is 6.20 Å². The summed E-state index contributed by atoms with van der Waals surface area (Å²) in [5.74, 6) is -0.739. The Bertz CT molecular complexity index is 713. The molecule has 1 fully saturated rings. The zero-order valence-corrected chi connectivity index (χ0v) is 13.0. The Kier molecular flexibility index (Phi) is 4.79. The van der Waals surface area contributed by atoms with Crippen molar-refractivity contribution >= 4 is 11.8 Å². The molecule has 0 spiro atoms. The maximum Gasteiger partial charge on any atom is 0.271 e. The second-order valence-corrected chi connectivity index (χ2v) is 5.64. The molecule has 1 aliphatic heterocycles. The van der Waals surface area contributed by atoms with Gasteiger partial charge in [-0.25, -0.2) is 9.37 Å². The van der Waals surface area contributed by atoms with Gasteiger partial charge in [0.25, 0.3) is 11.8 Å². The SMILES string of the molecule is O=C(NC1CCN(C(=O)c2ccc(F)cc2)CC1)c1cnccn1. The van der Waals surface area contributed by atoms with E-state index in [9.17, 15) is 14.0 Å². The third-order valence-corrected chi connectivity index (χ3v) is 4.00. The molecule has 2 amide bonds. The second-order valence-electron chi connectivity index (χ2n) is 5.64. The number of aromatic nitrogens is 2. The number of hydrogen-bond donors (Lipinski definition) is 1. The van der Waals surface area contributed by atoms with E-state index < -0.39 is 0 Å². The maximum absolute atomic E-state index is 12.9. The number of likely N-dealkylation sites (tertiary alicyclic amines) is 1. The van der Waals surface area contributed by atoms with Crippen molar-refractivity contribution in [2.75, 3.05) is 13.1 Å². The number of hydrogen-bond acceptors (Lipinski definition) is 4. The van der Waals surface area contributed by atoms with E-state index in [2.05, 4.69) is 15.3 Å². The van der Waals surface area contributed by atoms with Crippen LogP contribution in [0.4, 0.5) is 4.39 Å². The molecule has 124 valence electrons. The topological polar surface area (TPSA) is 75.2 Å². The highest BCUT2D eigenvalue weighted by atomic mass is 19.1. The number of carbonyl (C=O) groups is 2. The molecule has 1 aliphatic rings. The van der Waals surface area contributed by atoms with Crippen molar-refractivity contribution in [1.82, 2.24) is 20.2 Å². The largest absolute Gasteiger partial charge is 0.348 e. The fourth-order valence-corrected chi connectivity index (χ4v) is 2.68. The Labute approximate surface area is 138 Å². The van der Waals surface area contributed by atoms with Gasteiger partial charge in [-0.2, -0.15) is 0 Å². The van der Waals surface area contributed by atoms with Crippen LogP contribution in [-0.2, 0) is 0 Å². The van der Waals surface area contributed by atoms with Crippen LogP contribution in [0.5, 0.6) is 0 Å². The van der Waals surface area contributed by atoms with E-state index in [4.69, 9.17) is 0 Å². The third kappa shape index (κ3) is 3.73. The van der Waals surface area contributed by atoms with Gasteiger partial charge < -0.3 is 10.2 Å². The first-order valence-electron chi connectivity index (χ1n) is 7.75. The van der Waals surface area contributed by atoms with Gasteiger partial charge in [-0.15, -0.1) is 0 Å². The molecule has 0 saturated carbocycles. The zero-order chi connectivity index (χ0) is 16.9. The van der Waals surface area contributed by atoms with Crippen LogP contribution in [0, 0.1) is 5.82 Å². The van der Waals surface area contributed by atoms with E-state index in [1.165, 1.54) is 42.9 Å². The number of halogens is 1. The number of rotatable bonds is 3. The number of piperidine rings is 1. The maximum atomic E-state index is 12.9. The van der Waals surface area contributed by atoms with Crippen LogP contribution in [0.15, 0.2) is 42.9 Å². The second kappa shape index (κ2) is 7.16. The average Bonchev–Trinajstić information content (AvgIpc) is 2.63. The van der Waals surface area contributed by atoms with Gasteiger partial charge in [-0.05, 0) is 37.1 Å². The molecular formula is C17H17FN4O2. The van der Waals surface area contributed by atoms with E-state index in [1.54, 1.807) is 4.90 Å². The lowest BCUT2D eigenvalue weighted by atomic mass is 10.0. The van der Waals surface area contributed by atoms with E-state index in [-0.39, 0.29) is 29.4 Å². The minimum atomic E-state index is -0.364. The quantitative estimate of drug-likeness (QED) is 0.930. The van der Waals surface area contributed by atoms with Gasteiger partial charge in [-0.3, -0.25) is 14.6 Å². The minimum absolute atomic E-state index is 0.00299. The molecule has 1 aromatic heterocycles. The summed E-state index contributed by atoms with van der Waals surface area (Å²) in [6.45, 7) is 1.09. The van der Waals surface area contributed by atoms with Crippen LogP contribution in [0.1, 0.15) is 33.7 Å². The third-order valence-electron chi connectivity index (χ3n) is 4.00. The summed E-state index contributed by atoms with van der Waals surface area (Å²) in [6, 6.07) is 5.53. The van der Waals surface area contributed by atoms with Gasteiger partial charge in [0.15, 0.2) is 0 Å². The first kappa shape index (κ1) is 16.0. The van der Waals surface area contributed by atoms with Crippen LogP contribution in [-0.4, -0.2) is 45.8 Å². The molecule has 2 heterocycles. The monoisotopic (exact) mass is 328 g/mol. The van der Waals surface area contributed by atoms with Crippen molar-refractivity contribution in [1.29, 1.82) is 0 Å². The molecule has 0 bridgehead atoms. The van der Waals surface area contributed by atoms with Crippen molar-refractivity contribution in [3.8, 4) is 0 Å². The molecule has 2 aromatic rings. The summed E-state index contributed by atoms with van der Waals surface area (Å²) in [7, 11) is 0. The van der Waals surface area contributed by atoms with Crippen molar-refractivity contribution in [3.05, 3.63) is 59.9 Å². The Morgan fingerprint density at radius 2 is 1.83 bits per heavy atom. The summed E-state index contributed by atoms with van der Waals surface area (Å²) >= 11 is 0. The molecule has 3 rings (SSSR count). The van der Waals surface area contributed by atoms with Gasteiger partial charge in [0.2, 0.25) is 0 Å². The summed E-state index contributed by atoms with van der Waals surface area (Å²) in [4.78, 5) is 34.0. The first-order valence-corrected chi connectivity index (χ1v) is 7.75. The zero-order valence-electron chi connectivity index (χ0n) is 13.0. The van der Waals surface area contributed by atoms with E-state index in [0.29, 0.717) is 31.5 Å². The molecule has 1 aromatic carbocycles. The summed E-state index contributed by atoms with van der Waals surface area (Å²) < 4.78 is 12.9.